The molecule has 0 unspecified atom stereocenters. The van der Waals surface area contributed by atoms with Gasteiger partial charge in [0.1, 0.15) is 0 Å². The Morgan fingerprint density at radius 1 is 0.410 bits per heavy atom. The Morgan fingerprint density at radius 2 is 0.787 bits per heavy atom. The van der Waals surface area contributed by atoms with Gasteiger partial charge in [-0.05, 0) is 172 Å². The van der Waals surface area contributed by atoms with Gasteiger partial charge in [0.25, 0.3) is 0 Å². The Kier molecular flexibility index (Phi) is 12.2. The lowest BCUT2D eigenvalue weighted by molar-refractivity contribution is 0.933. The molecular weight excluding hydrogens is 741 g/mol. The average molecular weight is 793 g/mol. The number of nitrogens with zero attached hydrogens (tertiary/aromatic N) is 4. The van der Waals surface area contributed by atoms with Crippen molar-refractivity contribution in [3.05, 3.63) is 259 Å². The zero-order valence-electron chi connectivity index (χ0n) is 35.3. The van der Waals surface area contributed by atoms with Gasteiger partial charge < -0.3 is 19.6 Å². The maximum atomic E-state index is 4.69. The maximum absolute atomic E-state index is 4.69. The van der Waals surface area contributed by atoms with E-state index in [0.717, 1.165) is 75.4 Å². The molecule has 0 bridgehead atoms. The number of anilines is 9. The third-order valence-electron chi connectivity index (χ3n) is 10.9. The van der Waals surface area contributed by atoms with Gasteiger partial charge in [0.15, 0.2) is 0 Å². The predicted molar refractivity (Wildman–Crippen MR) is 261 cm³/mol. The van der Waals surface area contributed by atoms with Crippen LogP contribution in [-0.4, -0.2) is 0 Å². The van der Waals surface area contributed by atoms with Crippen LogP contribution in [0.4, 0.5) is 51.2 Å². The highest BCUT2D eigenvalue weighted by Gasteiger charge is 2.20. The van der Waals surface area contributed by atoms with E-state index in [0.29, 0.717) is 0 Å². The molecule has 4 nitrogen and oxygen atoms in total. The first-order valence-electron chi connectivity index (χ1n) is 20.9. The largest absolute Gasteiger partial charge is 0.311 e. The fraction of sp³-hybridized carbons (Fsp3) is 0.0877. The van der Waals surface area contributed by atoms with Gasteiger partial charge in [-0.25, -0.2) is 0 Å². The summed E-state index contributed by atoms with van der Waals surface area (Å²) in [6.45, 7) is 15.7. The van der Waals surface area contributed by atoms with Crippen molar-refractivity contribution >= 4 is 51.2 Å². The van der Waals surface area contributed by atoms with Gasteiger partial charge in [-0.3, -0.25) is 0 Å². The van der Waals surface area contributed by atoms with Crippen LogP contribution in [0, 0.1) is 13.8 Å². The molecule has 1 aliphatic rings. The minimum Gasteiger partial charge on any atom is -0.311 e. The molecule has 0 fully saturated rings. The lowest BCUT2D eigenvalue weighted by Gasteiger charge is -2.31. The Morgan fingerprint density at radius 3 is 1.30 bits per heavy atom. The molecule has 0 atom stereocenters. The van der Waals surface area contributed by atoms with E-state index in [4.69, 9.17) is 0 Å². The van der Waals surface area contributed by atoms with Gasteiger partial charge >= 0.3 is 0 Å². The van der Waals surface area contributed by atoms with Crippen LogP contribution in [0.5, 0.6) is 0 Å². The number of benzene rings is 7. The van der Waals surface area contributed by atoms with Gasteiger partial charge in [-0.2, -0.15) is 0 Å². The summed E-state index contributed by atoms with van der Waals surface area (Å²) in [5.74, 6) is 0. The summed E-state index contributed by atoms with van der Waals surface area (Å²) < 4.78 is 0. The van der Waals surface area contributed by atoms with Crippen LogP contribution < -0.4 is 19.6 Å². The van der Waals surface area contributed by atoms with E-state index < -0.39 is 0 Å². The van der Waals surface area contributed by atoms with Crippen molar-refractivity contribution in [3.63, 3.8) is 0 Å². The molecule has 7 aromatic rings. The summed E-state index contributed by atoms with van der Waals surface area (Å²) in [7, 11) is 0. The first kappa shape index (κ1) is 40.2. The number of hydrogen-bond acceptors (Lipinski definition) is 4. The Bertz CT molecular complexity index is 2690. The molecule has 0 N–H and O–H groups in total. The van der Waals surface area contributed by atoms with Gasteiger partial charge in [-0.15, -0.1) is 0 Å². The van der Waals surface area contributed by atoms with Crippen molar-refractivity contribution in [1.29, 1.82) is 0 Å². The maximum Gasteiger partial charge on any atom is 0.0464 e. The molecule has 8 rings (SSSR count). The van der Waals surface area contributed by atoms with E-state index in [1.54, 1.807) is 0 Å². The summed E-state index contributed by atoms with van der Waals surface area (Å²) in [4.78, 5) is 9.04. The highest BCUT2D eigenvalue weighted by atomic mass is 15.2. The van der Waals surface area contributed by atoms with Gasteiger partial charge in [-0.1, -0.05) is 104 Å². The topological polar surface area (TPSA) is 13.0 Å². The number of aryl methyl sites for hydroxylation is 2. The molecular formula is C57H52N4. The average Bonchev–Trinajstić information content (AvgIpc) is 3.28. The van der Waals surface area contributed by atoms with Crippen LogP contribution in [0.15, 0.2) is 248 Å². The van der Waals surface area contributed by atoms with E-state index in [2.05, 4.69) is 260 Å². The third kappa shape index (κ3) is 9.35. The highest BCUT2D eigenvalue weighted by molar-refractivity contribution is 5.80. The normalized spacial score (nSPS) is 12.3. The molecule has 0 radical (unpaired) electrons. The second-order valence-corrected chi connectivity index (χ2v) is 15.5. The lowest BCUT2D eigenvalue weighted by atomic mass is 10.0. The highest BCUT2D eigenvalue weighted by Crippen LogP contribution is 2.40. The first-order valence-corrected chi connectivity index (χ1v) is 20.9. The molecule has 0 heterocycles. The van der Waals surface area contributed by atoms with Crippen molar-refractivity contribution in [2.75, 3.05) is 19.6 Å². The molecule has 0 amide bonds. The molecule has 4 heteroatoms. The first-order chi connectivity index (χ1) is 29.8. The fourth-order valence-electron chi connectivity index (χ4n) is 7.95. The van der Waals surface area contributed by atoms with Crippen LogP contribution in [-0.2, 0) is 0 Å². The Balaban J connectivity index is 1.18. The zero-order valence-corrected chi connectivity index (χ0v) is 35.3. The minimum atomic E-state index is 0.797. The third-order valence-corrected chi connectivity index (χ3v) is 10.9. The second kappa shape index (κ2) is 18.6. The molecule has 0 aliphatic heterocycles. The van der Waals surface area contributed by atoms with Crippen LogP contribution >= 0.6 is 0 Å². The summed E-state index contributed by atoms with van der Waals surface area (Å²) in [5, 5.41) is 0. The minimum absolute atomic E-state index is 0.797. The fourth-order valence-corrected chi connectivity index (χ4v) is 7.95. The number of para-hydroxylation sites is 3. The SMILES string of the molecule is C=C(/C=C\C(=C)N(c1ccccc1)c1cccc(C)c1)N(c1ccc(N(C2=CCCC(C)=C2)c2ccccc2)cc1)c1ccc(N(c2ccccc2)c2cccc(C)c2)cc1. The monoisotopic (exact) mass is 792 g/mol. The Hall–Kier alpha value is -7.56. The van der Waals surface area contributed by atoms with Gasteiger partial charge in [0, 0.05) is 68.3 Å². The number of hydrogen-bond donors (Lipinski definition) is 0. The number of rotatable bonds is 14. The molecule has 0 saturated carbocycles. The van der Waals surface area contributed by atoms with Crippen molar-refractivity contribution in [3.8, 4) is 0 Å². The molecule has 1 aliphatic carbocycles. The van der Waals surface area contributed by atoms with Crippen molar-refractivity contribution in [2.24, 2.45) is 0 Å². The van der Waals surface area contributed by atoms with Crippen LogP contribution in [0.3, 0.4) is 0 Å². The van der Waals surface area contributed by atoms with E-state index in [9.17, 15) is 0 Å². The van der Waals surface area contributed by atoms with E-state index >= 15 is 0 Å². The van der Waals surface area contributed by atoms with E-state index in [-0.39, 0.29) is 0 Å². The predicted octanol–water partition coefficient (Wildman–Crippen LogP) is 16.1. The van der Waals surface area contributed by atoms with Crippen LogP contribution in [0.25, 0.3) is 0 Å². The quantitative estimate of drug-likeness (QED) is 0.102. The molecule has 0 saturated heterocycles. The van der Waals surface area contributed by atoms with Crippen molar-refractivity contribution < 1.29 is 0 Å². The summed E-state index contributed by atoms with van der Waals surface area (Å²) in [5.41, 5.74) is 16.1. The van der Waals surface area contributed by atoms with Crippen molar-refractivity contribution in [1.82, 2.24) is 0 Å². The standard InChI is InChI=1S/C57H52N4/c1-43-18-15-27-55(40-43)59(48-21-9-6-10-22-48)47(5)31-30-46(4)58(51-32-36-53(37-33-51)60(49-23-11-7-12-24-49)56-28-16-19-44(2)41-56)52-34-38-54(39-35-52)61(50-25-13-8-14-26-50)57-29-17-20-45(3)42-57/h6-16,18-19,21-42H,4-5,17,20H2,1-3H3/b31-30-. The van der Waals surface area contributed by atoms with Crippen LogP contribution in [0.1, 0.15) is 30.9 Å². The summed E-state index contributed by atoms with van der Waals surface area (Å²) in [6.07, 6.45) is 10.9. The van der Waals surface area contributed by atoms with Gasteiger partial charge in [0.05, 0.1) is 0 Å². The van der Waals surface area contributed by atoms with Gasteiger partial charge in [0.2, 0.25) is 0 Å². The summed E-state index contributed by atoms with van der Waals surface area (Å²) >= 11 is 0. The number of allylic oxidation sites excluding steroid dienone is 5. The molecule has 0 aromatic heterocycles. The Labute approximate surface area is 362 Å². The smallest absolute Gasteiger partial charge is 0.0464 e. The molecule has 61 heavy (non-hydrogen) atoms. The second-order valence-electron chi connectivity index (χ2n) is 15.5. The molecule has 7 aromatic carbocycles. The van der Waals surface area contributed by atoms with E-state index in [1.165, 1.54) is 22.4 Å². The van der Waals surface area contributed by atoms with Crippen LogP contribution in [0.2, 0.25) is 0 Å². The van der Waals surface area contributed by atoms with E-state index in [1.807, 2.05) is 6.07 Å². The lowest BCUT2D eigenvalue weighted by Crippen LogP contribution is -2.18. The zero-order chi connectivity index (χ0) is 42.1. The molecule has 0 spiro atoms. The summed E-state index contributed by atoms with van der Waals surface area (Å²) in [6, 6.07) is 66.2. The van der Waals surface area contributed by atoms with Crippen molar-refractivity contribution in [2.45, 2.75) is 33.6 Å². The molecule has 300 valence electrons.